The Kier molecular flexibility index (Phi) is 4.35. The molecule has 1 aliphatic heterocycles. The van der Waals surface area contributed by atoms with Gasteiger partial charge < -0.3 is 15.2 Å². The summed E-state index contributed by atoms with van der Waals surface area (Å²) in [5.41, 5.74) is 7.31. The molecule has 1 spiro atoms. The lowest BCUT2D eigenvalue weighted by Crippen LogP contribution is -2.82. The third kappa shape index (κ3) is 1.99. The van der Waals surface area contributed by atoms with Crippen molar-refractivity contribution in [2.45, 2.75) is 97.2 Å². The van der Waals surface area contributed by atoms with Crippen LogP contribution in [-0.2, 0) is 14.3 Å². The summed E-state index contributed by atoms with van der Waals surface area (Å²) in [6, 6.07) is -0.313. The van der Waals surface area contributed by atoms with E-state index in [1.54, 1.807) is 6.08 Å². The van der Waals surface area contributed by atoms with Crippen LogP contribution in [0.2, 0.25) is 0 Å². The largest absolute Gasteiger partial charge is 0.343 e. The Morgan fingerprint density at radius 2 is 1.91 bits per heavy atom. The average Bonchev–Trinajstić information content (AvgIpc) is 3.14. The molecule has 4 saturated carbocycles. The normalized spacial score (nSPS) is 57.1. The Hall–Kier alpha value is -1.48. The van der Waals surface area contributed by atoms with E-state index in [4.69, 9.17) is 21.8 Å². The van der Waals surface area contributed by atoms with Crippen LogP contribution in [0.25, 0.3) is 4.85 Å². The predicted octanol–water partition coefficient (Wildman–Crippen LogP) is 5.11. The van der Waals surface area contributed by atoms with Gasteiger partial charge in [0.15, 0.2) is 12.1 Å². The Morgan fingerprint density at radius 3 is 2.59 bits per heavy atom. The smallest absolute Gasteiger partial charge is 0.281 e. The van der Waals surface area contributed by atoms with Crippen LogP contribution in [0.3, 0.4) is 0 Å². The maximum Gasteiger partial charge on any atom is 0.281 e. The van der Waals surface area contributed by atoms with Gasteiger partial charge >= 0.3 is 0 Å². The summed E-state index contributed by atoms with van der Waals surface area (Å²) in [4.78, 5) is 16.3. The van der Waals surface area contributed by atoms with Crippen LogP contribution >= 0.6 is 0 Å². The number of ether oxygens (including phenoxy) is 2. The highest BCUT2D eigenvalue weighted by Gasteiger charge is 2.89. The molecule has 6 rings (SSSR count). The van der Waals surface area contributed by atoms with E-state index >= 15 is 0 Å². The molecule has 11 atom stereocenters. The lowest BCUT2D eigenvalue weighted by atomic mass is 9.16. The monoisotopic (exact) mass is 465 g/mol. The summed E-state index contributed by atoms with van der Waals surface area (Å²) >= 11 is 0. The van der Waals surface area contributed by atoms with Crippen molar-refractivity contribution in [3.8, 4) is 6.57 Å². The Morgan fingerprint density at radius 1 is 1.18 bits per heavy atom. The number of fused-ring (bicyclic) bond motifs is 6. The van der Waals surface area contributed by atoms with Gasteiger partial charge in [-0.05, 0) is 78.9 Å². The zero-order valence-electron chi connectivity index (χ0n) is 21.7. The second-order valence-electron chi connectivity index (χ2n) is 13.2. The van der Waals surface area contributed by atoms with Crippen LogP contribution in [0.15, 0.2) is 23.8 Å². The van der Waals surface area contributed by atoms with Crippen molar-refractivity contribution in [2.24, 2.45) is 45.1 Å². The zero-order chi connectivity index (χ0) is 24.5. The molecule has 0 aromatic rings. The highest BCUT2D eigenvalue weighted by Crippen LogP contribution is 2.92. The second-order valence-corrected chi connectivity index (χ2v) is 13.2. The molecule has 9 unspecified atom stereocenters. The van der Waals surface area contributed by atoms with Gasteiger partial charge in [0.25, 0.3) is 13.1 Å². The predicted molar refractivity (Wildman–Crippen MR) is 132 cm³/mol. The van der Waals surface area contributed by atoms with Crippen molar-refractivity contribution in [2.75, 3.05) is 6.54 Å². The molecule has 5 aliphatic carbocycles. The van der Waals surface area contributed by atoms with Gasteiger partial charge in [0, 0.05) is 10.8 Å². The third-order valence-corrected chi connectivity index (χ3v) is 12.1. The standard InChI is InChI=1S/C29H41N2O3/c1-8-9-23-33-27(6)15-19-20-14-26(5)21-12-18(32)10-11-24(21,3)28(20,26)17(2)13-25(19,4)29(27,34-23)22(30)16-31-7/h7,10-12,17,19-20,22-23H,8-9,13-16,30H2,1-6H3/q+1/t17?,19?,20?,22?,23?,24?,25?,26-,27?,28+,29?/m0/s1. The van der Waals surface area contributed by atoms with Crippen molar-refractivity contribution in [3.63, 3.8) is 0 Å². The first-order chi connectivity index (χ1) is 15.9. The molecule has 0 bridgehead atoms. The fourth-order valence-corrected chi connectivity index (χ4v) is 11.7. The Labute approximate surface area is 204 Å². The number of hydrogen-bond acceptors (Lipinski definition) is 4. The van der Waals surface area contributed by atoms with Gasteiger partial charge in [-0.2, -0.15) is 0 Å². The molecule has 1 heterocycles. The number of carbonyl (C=O) groups is 1. The first-order valence-corrected chi connectivity index (χ1v) is 13.4. The van der Waals surface area contributed by atoms with E-state index in [1.807, 2.05) is 6.08 Å². The van der Waals surface area contributed by atoms with E-state index < -0.39 is 11.2 Å². The molecule has 5 fully saturated rings. The van der Waals surface area contributed by atoms with Crippen LogP contribution in [-0.4, -0.2) is 35.9 Å². The van der Waals surface area contributed by atoms with E-state index in [9.17, 15) is 4.79 Å². The molecule has 5 nitrogen and oxygen atoms in total. The number of hydrogen-bond donors (Lipinski definition) is 1. The molecular weight excluding hydrogens is 424 g/mol. The molecule has 2 N–H and O–H groups in total. The summed E-state index contributed by atoms with van der Waals surface area (Å²) in [7, 11) is 0. The van der Waals surface area contributed by atoms with Gasteiger partial charge in [-0.1, -0.05) is 52.0 Å². The molecule has 34 heavy (non-hydrogen) atoms. The van der Waals surface area contributed by atoms with Crippen molar-refractivity contribution in [1.82, 2.24) is 0 Å². The minimum atomic E-state index is -0.614. The first kappa shape index (κ1) is 23.0. The van der Waals surface area contributed by atoms with Gasteiger partial charge in [0.1, 0.15) is 17.2 Å². The summed E-state index contributed by atoms with van der Waals surface area (Å²) in [5.74, 6) is 1.59. The minimum Gasteiger partial charge on any atom is -0.343 e. The number of carbonyl (C=O) groups excluding carboxylic acids is 1. The molecule has 5 heteroatoms. The van der Waals surface area contributed by atoms with E-state index in [2.05, 4.69) is 52.5 Å². The van der Waals surface area contributed by atoms with Crippen molar-refractivity contribution >= 4 is 5.78 Å². The molecule has 6 aliphatic rings. The van der Waals surface area contributed by atoms with Crippen LogP contribution in [0.1, 0.15) is 73.6 Å². The highest BCUT2D eigenvalue weighted by atomic mass is 16.8. The third-order valence-electron chi connectivity index (χ3n) is 12.1. The van der Waals surface area contributed by atoms with E-state index in [0.29, 0.717) is 24.3 Å². The highest BCUT2D eigenvalue weighted by molar-refractivity contribution is 6.02. The fraction of sp³-hybridized carbons (Fsp3) is 0.793. The first-order valence-electron chi connectivity index (χ1n) is 13.4. The molecule has 0 aromatic carbocycles. The van der Waals surface area contributed by atoms with Gasteiger partial charge in [0.05, 0.1) is 0 Å². The number of nitrogens with zero attached hydrogens (tertiary/aromatic N) is 1. The van der Waals surface area contributed by atoms with Crippen LogP contribution < -0.4 is 5.73 Å². The maximum atomic E-state index is 12.3. The second kappa shape index (κ2) is 6.44. The SMILES string of the molecule is C#[N+]CC(N)C12OC(CCC)OC1(C)CC1C3C[C@@]4(C)C5=CC(=O)C=CC5(C)[C@@]34C(C)CC12C. The molecular formula is C29H41N2O3+. The Bertz CT molecular complexity index is 1080. The van der Waals surface area contributed by atoms with Crippen LogP contribution in [0, 0.1) is 46.0 Å². The van der Waals surface area contributed by atoms with Crippen molar-refractivity contribution < 1.29 is 14.3 Å². The summed E-state index contributed by atoms with van der Waals surface area (Å²) in [6.07, 6.45) is 10.7. The summed E-state index contributed by atoms with van der Waals surface area (Å²) in [6.45, 7) is 20.1. The number of ketones is 1. The van der Waals surface area contributed by atoms with E-state index in [0.717, 1.165) is 32.1 Å². The molecule has 0 aromatic heterocycles. The van der Waals surface area contributed by atoms with E-state index in [1.165, 1.54) is 5.57 Å². The van der Waals surface area contributed by atoms with E-state index in [-0.39, 0.29) is 39.8 Å². The quantitative estimate of drug-likeness (QED) is 0.626. The van der Waals surface area contributed by atoms with Crippen molar-refractivity contribution in [1.29, 1.82) is 0 Å². The summed E-state index contributed by atoms with van der Waals surface area (Å²) < 4.78 is 13.8. The average molecular weight is 466 g/mol. The van der Waals surface area contributed by atoms with Crippen LogP contribution in [0.5, 0.6) is 0 Å². The molecule has 1 saturated heterocycles. The fourth-order valence-electron chi connectivity index (χ4n) is 11.7. The molecule has 184 valence electrons. The zero-order valence-corrected chi connectivity index (χ0v) is 21.7. The lowest BCUT2D eigenvalue weighted by molar-refractivity contribution is -0.334. The van der Waals surface area contributed by atoms with Crippen molar-refractivity contribution in [3.05, 3.63) is 28.6 Å². The van der Waals surface area contributed by atoms with Gasteiger partial charge in [-0.15, -0.1) is 0 Å². The maximum absolute atomic E-state index is 12.3. The number of allylic oxidation sites excluding steroid dienone is 4. The summed E-state index contributed by atoms with van der Waals surface area (Å²) in [5, 5.41) is 0. The van der Waals surface area contributed by atoms with Crippen LogP contribution in [0.4, 0.5) is 0 Å². The van der Waals surface area contributed by atoms with Gasteiger partial charge in [-0.3, -0.25) is 4.79 Å². The number of nitrogens with two attached hydrogens (primary N) is 1. The number of rotatable bonds is 4. The molecule has 0 amide bonds. The molecule has 0 radical (unpaired) electrons. The Balaban J connectivity index is 1.47. The topological polar surface area (TPSA) is 65.9 Å². The lowest BCUT2D eigenvalue weighted by Gasteiger charge is -2.87. The minimum absolute atomic E-state index is 0.0493. The van der Waals surface area contributed by atoms with Gasteiger partial charge in [-0.25, -0.2) is 0 Å². The van der Waals surface area contributed by atoms with Gasteiger partial charge in [0.2, 0.25) is 0 Å².